The van der Waals surface area contributed by atoms with Crippen molar-refractivity contribution in [2.75, 3.05) is 7.11 Å². The van der Waals surface area contributed by atoms with E-state index in [0.29, 0.717) is 17.1 Å². The number of nitrogens with zero attached hydrogens (tertiary/aromatic N) is 2. The summed E-state index contributed by atoms with van der Waals surface area (Å²) in [5.74, 6) is 1.30. The number of methoxy groups -OCH3 is 1. The van der Waals surface area contributed by atoms with Gasteiger partial charge in [0.2, 0.25) is 5.91 Å². The first-order valence-electron chi connectivity index (χ1n) is 7.71. The van der Waals surface area contributed by atoms with Crippen LogP contribution < -0.4 is 10.1 Å². The van der Waals surface area contributed by atoms with Crippen LogP contribution in [0.1, 0.15) is 18.5 Å². The van der Waals surface area contributed by atoms with E-state index in [9.17, 15) is 4.79 Å². The van der Waals surface area contributed by atoms with Crippen LogP contribution in [-0.4, -0.2) is 27.8 Å². The van der Waals surface area contributed by atoms with Crippen molar-refractivity contribution >= 4 is 29.5 Å². The summed E-state index contributed by atoms with van der Waals surface area (Å²) in [5.41, 5.74) is 0.967. The molecule has 1 aromatic carbocycles. The first-order chi connectivity index (χ1) is 12.1. The van der Waals surface area contributed by atoms with Gasteiger partial charge in [0.05, 0.1) is 12.0 Å². The molecule has 0 bridgehead atoms. The van der Waals surface area contributed by atoms with Gasteiger partial charge in [0.1, 0.15) is 11.8 Å². The third-order valence-electron chi connectivity index (χ3n) is 3.81. The van der Waals surface area contributed by atoms with Gasteiger partial charge in [-0.3, -0.25) is 14.5 Å². The molecule has 130 valence electrons. The Hall–Kier alpha value is -2.45. The summed E-state index contributed by atoms with van der Waals surface area (Å²) in [6.07, 6.45) is 0. The summed E-state index contributed by atoms with van der Waals surface area (Å²) >= 11 is 6.86. The fourth-order valence-electron chi connectivity index (χ4n) is 2.48. The Morgan fingerprint density at radius 2 is 2.28 bits per heavy atom. The van der Waals surface area contributed by atoms with Gasteiger partial charge in [-0.2, -0.15) is 5.10 Å². The molecule has 0 spiro atoms. The van der Waals surface area contributed by atoms with E-state index in [1.165, 1.54) is 0 Å². The highest BCUT2D eigenvalue weighted by molar-refractivity contribution is 7.71. The van der Waals surface area contributed by atoms with Crippen LogP contribution in [-0.2, 0) is 11.3 Å². The Morgan fingerprint density at radius 1 is 1.44 bits per heavy atom. The predicted octanol–water partition coefficient (Wildman–Crippen LogP) is 3.56. The number of ether oxygens (including phenoxy) is 1. The summed E-state index contributed by atoms with van der Waals surface area (Å²) in [4.78, 5) is 13.6. The second-order valence-corrected chi connectivity index (χ2v) is 6.78. The van der Waals surface area contributed by atoms with Crippen LogP contribution in [0.4, 0.5) is 0 Å². The standard InChI is InChI=1S/C17H18N4O2S2/c1-11(16(22)18-10-12-5-3-6-13(9-12)23-2)21-15(19-20-17(21)24)14-7-4-8-25-14/h3-9,11H,10H2,1-2H3,(H,18,22)(H,20,24). The number of aromatic nitrogens is 3. The van der Waals surface area contributed by atoms with Gasteiger partial charge in [0.25, 0.3) is 0 Å². The summed E-state index contributed by atoms with van der Waals surface area (Å²) in [6.45, 7) is 2.23. The molecule has 2 N–H and O–H groups in total. The summed E-state index contributed by atoms with van der Waals surface area (Å²) in [6, 6.07) is 11.0. The van der Waals surface area contributed by atoms with E-state index in [-0.39, 0.29) is 5.91 Å². The van der Waals surface area contributed by atoms with Crippen molar-refractivity contribution in [1.29, 1.82) is 0 Å². The molecule has 1 atom stereocenters. The van der Waals surface area contributed by atoms with E-state index in [0.717, 1.165) is 16.2 Å². The van der Waals surface area contributed by atoms with Gasteiger partial charge in [-0.15, -0.1) is 11.3 Å². The lowest BCUT2D eigenvalue weighted by molar-refractivity contribution is -0.124. The second kappa shape index (κ2) is 7.62. The molecule has 1 unspecified atom stereocenters. The fraction of sp³-hybridized carbons (Fsp3) is 0.235. The Kier molecular flexibility index (Phi) is 5.30. The number of thiophene rings is 1. The Balaban J connectivity index is 1.75. The molecule has 0 fully saturated rings. The molecule has 0 aliphatic rings. The molecule has 0 radical (unpaired) electrons. The first kappa shape index (κ1) is 17.4. The minimum atomic E-state index is -0.478. The Morgan fingerprint density at radius 3 is 3.00 bits per heavy atom. The molecule has 8 heteroatoms. The van der Waals surface area contributed by atoms with Gasteiger partial charge in [0, 0.05) is 6.54 Å². The largest absolute Gasteiger partial charge is 0.497 e. The lowest BCUT2D eigenvalue weighted by Gasteiger charge is -2.15. The van der Waals surface area contributed by atoms with Crippen LogP contribution in [0.15, 0.2) is 41.8 Å². The van der Waals surface area contributed by atoms with Crippen molar-refractivity contribution in [2.24, 2.45) is 0 Å². The zero-order valence-electron chi connectivity index (χ0n) is 13.9. The van der Waals surface area contributed by atoms with Crippen molar-refractivity contribution in [2.45, 2.75) is 19.5 Å². The number of carbonyl (C=O) groups is 1. The van der Waals surface area contributed by atoms with E-state index >= 15 is 0 Å². The molecule has 0 aliphatic carbocycles. The molecular formula is C17H18N4O2S2. The number of carbonyl (C=O) groups excluding carboxylic acids is 1. The zero-order chi connectivity index (χ0) is 17.8. The van der Waals surface area contributed by atoms with E-state index in [1.54, 1.807) is 23.0 Å². The number of aromatic amines is 1. The number of rotatable bonds is 6. The minimum Gasteiger partial charge on any atom is -0.497 e. The van der Waals surface area contributed by atoms with Crippen molar-refractivity contribution in [3.05, 3.63) is 52.1 Å². The number of hydrogen-bond acceptors (Lipinski definition) is 5. The number of amides is 1. The molecule has 25 heavy (non-hydrogen) atoms. The number of hydrogen-bond donors (Lipinski definition) is 2. The number of benzene rings is 1. The maximum atomic E-state index is 12.6. The van der Waals surface area contributed by atoms with Crippen molar-refractivity contribution in [3.63, 3.8) is 0 Å². The fourth-order valence-corrected chi connectivity index (χ4v) is 3.48. The normalized spacial score (nSPS) is 11.9. The monoisotopic (exact) mass is 374 g/mol. The Labute approximate surface area is 154 Å². The molecule has 1 amide bonds. The van der Waals surface area contributed by atoms with Crippen LogP contribution in [0.2, 0.25) is 0 Å². The molecular weight excluding hydrogens is 356 g/mol. The lowest BCUT2D eigenvalue weighted by atomic mass is 10.2. The molecule has 2 aromatic heterocycles. The predicted molar refractivity (Wildman–Crippen MR) is 100 cm³/mol. The summed E-state index contributed by atoms with van der Waals surface area (Å²) < 4.78 is 7.36. The topological polar surface area (TPSA) is 71.9 Å². The molecule has 3 aromatic rings. The average Bonchev–Trinajstić information content (AvgIpc) is 3.28. The van der Waals surface area contributed by atoms with Gasteiger partial charge < -0.3 is 10.1 Å². The van der Waals surface area contributed by atoms with E-state index in [4.69, 9.17) is 17.0 Å². The SMILES string of the molecule is COc1cccc(CNC(=O)C(C)n2c(-c3cccs3)n[nH]c2=S)c1. The van der Waals surface area contributed by atoms with Gasteiger partial charge in [-0.1, -0.05) is 18.2 Å². The minimum absolute atomic E-state index is 0.127. The molecule has 6 nitrogen and oxygen atoms in total. The molecule has 3 rings (SSSR count). The maximum absolute atomic E-state index is 12.6. The zero-order valence-corrected chi connectivity index (χ0v) is 15.5. The quantitative estimate of drug-likeness (QED) is 0.647. The van der Waals surface area contributed by atoms with Crippen molar-refractivity contribution < 1.29 is 9.53 Å². The molecule has 0 aliphatic heterocycles. The van der Waals surface area contributed by atoms with Crippen molar-refractivity contribution in [3.8, 4) is 16.5 Å². The Bertz CT molecular complexity index is 915. The van der Waals surface area contributed by atoms with E-state index in [2.05, 4.69) is 15.5 Å². The smallest absolute Gasteiger partial charge is 0.243 e. The highest BCUT2D eigenvalue weighted by atomic mass is 32.1. The summed E-state index contributed by atoms with van der Waals surface area (Å²) in [5, 5.41) is 11.9. The van der Waals surface area contributed by atoms with Crippen LogP contribution >= 0.6 is 23.6 Å². The van der Waals surface area contributed by atoms with Gasteiger partial charge in [-0.05, 0) is 48.3 Å². The van der Waals surface area contributed by atoms with E-state index in [1.807, 2.05) is 48.7 Å². The lowest BCUT2D eigenvalue weighted by Crippen LogP contribution is -2.31. The number of nitrogens with one attached hydrogen (secondary N) is 2. The van der Waals surface area contributed by atoms with Crippen LogP contribution in [0.3, 0.4) is 0 Å². The van der Waals surface area contributed by atoms with Crippen LogP contribution in [0, 0.1) is 4.77 Å². The van der Waals surface area contributed by atoms with Crippen LogP contribution in [0.5, 0.6) is 5.75 Å². The second-order valence-electron chi connectivity index (χ2n) is 5.44. The summed E-state index contributed by atoms with van der Waals surface area (Å²) in [7, 11) is 1.62. The highest BCUT2D eigenvalue weighted by Gasteiger charge is 2.21. The number of H-pyrrole nitrogens is 1. The third-order valence-corrected chi connectivity index (χ3v) is 4.97. The van der Waals surface area contributed by atoms with E-state index < -0.39 is 6.04 Å². The molecule has 0 saturated carbocycles. The van der Waals surface area contributed by atoms with Crippen LogP contribution in [0.25, 0.3) is 10.7 Å². The van der Waals surface area contributed by atoms with Gasteiger partial charge in [-0.25, -0.2) is 0 Å². The highest BCUT2D eigenvalue weighted by Crippen LogP contribution is 2.25. The third kappa shape index (κ3) is 3.80. The van der Waals surface area contributed by atoms with Crippen molar-refractivity contribution in [1.82, 2.24) is 20.1 Å². The molecule has 0 saturated heterocycles. The van der Waals surface area contributed by atoms with Gasteiger partial charge >= 0.3 is 0 Å². The molecule has 2 heterocycles. The average molecular weight is 374 g/mol. The maximum Gasteiger partial charge on any atom is 0.243 e. The van der Waals surface area contributed by atoms with Gasteiger partial charge in [0.15, 0.2) is 10.6 Å². The first-order valence-corrected chi connectivity index (χ1v) is 9.00.